The topological polar surface area (TPSA) is 133 Å². The summed E-state index contributed by atoms with van der Waals surface area (Å²) in [5, 5.41) is 32.7. The van der Waals surface area contributed by atoms with Gasteiger partial charge in [-0.2, -0.15) is 0 Å². The molecule has 0 saturated heterocycles. The lowest BCUT2D eigenvalue weighted by Gasteiger charge is -2.21. The molecule has 5 unspecified atom stereocenters. The van der Waals surface area contributed by atoms with Crippen molar-refractivity contribution in [1.29, 1.82) is 0 Å². The molecule has 1 aliphatic carbocycles. The van der Waals surface area contributed by atoms with E-state index >= 15 is 0 Å². The average molecular weight is 516 g/mol. The van der Waals surface area contributed by atoms with Gasteiger partial charge in [0.2, 0.25) is 5.91 Å². The number of hydrogen-bond donors (Lipinski definition) is 4. The Morgan fingerprint density at radius 3 is 2.54 bits per heavy atom. The Morgan fingerprint density at radius 2 is 1.84 bits per heavy atom. The number of ether oxygens (including phenoxy) is 1. The predicted octanol–water partition coefficient (Wildman–Crippen LogP) is 3.56. The SMILES string of the molecule is CCNC(=O)CCC/C=C\CC1C(O)CC(O)C1/C=C/C(CCc1ccccc1)OC(=O)CCC(=O)O. The van der Waals surface area contributed by atoms with Crippen LogP contribution in [0.1, 0.15) is 63.9 Å². The van der Waals surface area contributed by atoms with Crippen molar-refractivity contribution in [3.63, 3.8) is 0 Å². The van der Waals surface area contributed by atoms with E-state index in [-0.39, 0.29) is 37.0 Å². The van der Waals surface area contributed by atoms with Crippen molar-refractivity contribution in [2.75, 3.05) is 6.54 Å². The van der Waals surface area contributed by atoms with Gasteiger partial charge in [0.05, 0.1) is 25.0 Å². The summed E-state index contributed by atoms with van der Waals surface area (Å²) in [6, 6.07) is 9.78. The molecule has 1 aromatic carbocycles. The van der Waals surface area contributed by atoms with Crippen LogP contribution in [0.2, 0.25) is 0 Å². The van der Waals surface area contributed by atoms with Crippen LogP contribution >= 0.6 is 0 Å². The van der Waals surface area contributed by atoms with Crippen LogP contribution in [0.25, 0.3) is 0 Å². The maximum Gasteiger partial charge on any atom is 0.306 e. The highest BCUT2D eigenvalue weighted by atomic mass is 16.5. The van der Waals surface area contributed by atoms with Crippen molar-refractivity contribution in [3.8, 4) is 0 Å². The first-order valence-corrected chi connectivity index (χ1v) is 13.2. The summed E-state index contributed by atoms with van der Waals surface area (Å²) in [7, 11) is 0. The number of allylic oxidation sites excluding steroid dienone is 2. The highest BCUT2D eigenvalue weighted by Crippen LogP contribution is 2.36. The average Bonchev–Trinajstić information content (AvgIpc) is 3.14. The zero-order valence-electron chi connectivity index (χ0n) is 21.6. The standard InChI is InChI=1S/C29H41NO7/c1-2-30-27(33)13-9-4-3-8-12-23-24(26(32)20-25(23)31)17-16-22(37-29(36)19-18-28(34)35)15-14-21-10-6-5-7-11-21/h3,5-8,10-11,16-17,22-26,31-32H,2,4,9,12-15,18-20H2,1H3,(H,30,33)(H,34,35)/b8-3-,17-16+. The minimum absolute atomic E-state index is 0.0425. The largest absolute Gasteiger partial charge is 0.481 e. The molecular formula is C29H41NO7. The first-order chi connectivity index (χ1) is 17.8. The molecule has 0 spiro atoms. The van der Waals surface area contributed by atoms with E-state index in [0.717, 1.165) is 18.4 Å². The van der Waals surface area contributed by atoms with E-state index < -0.39 is 30.3 Å². The summed E-state index contributed by atoms with van der Waals surface area (Å²) in [5.41, 5.74) is 1.09. The summed E-state index contributed by atoms with van der Waals surface area (Å²) in [5.74, 6) is -2.07. The van der Waals surface area contributed by atoms with Crippen molar-refractivity contribution in [2.24, 2.45) is 11.8 Å². The van der Waals surface area contributed by atoms with Gasteiger partial charge in [-0.1, -0.05) is 48.6 Å². The van der Waals surface area contributed by atoms with Gasteiger partial charge in [0.25, 0.3) is 0 Å². The number of amides is 1. The van der Waals surface area contributed by atoms with Crippen LogP contribution in [0.15, 0.2) is 54.6 Å². The lowest BCUT2D eigenvalue weighted by atomic mass is 9.89. The number of hydrogen-bond acceptors (Lipinski definition) is 6. The molecular weight excluding hydrogens is 474 g/mol. The van der Waals surface area contributed by atoms with Gasteiger partial charge < -0.3 is 25.4 Å². The summed E-state index contributed by atoms with van der Waals surface area (Å²) in [4.78, 5) is 34.5. The molecule has 2 rings (SSSR count). The lowest BCUT2D eigenvalue weighted by molar-refractivity contribution is -0.150. The van der Waals surface area contributed by atoms with Crippen LogP contribution < -0.4 is 5.32 Å². The molecule has 1 aromatic rings. The number of benzene rings is 1. The van der Waals surface area contributed by atoms with Crippen molar-refractivity contribution >= 4 is 17.8 Å². The van der Waals surface area contributed by atoms with Gasteiger partial charge in [0.15, 0.2) is 0 Å². The van der Waals surface area contributed by atoms with Crippen LogP contribution in [0.3, 0.4) is 0 Å². The third-order valence-electron chi connectivity index (χ3n) is 6.57. The first-order valence-electron chi connectivity index (χ1n) is 13.2. The highest BCUT2D eigenvalue weighted by Gasteiger charge is 2.39. The summed E-state index contributed by atoms with van der Waals surface area (Å²) < 4.78 is 5.56. The second-order valence-electron chi connectivity index (χ2n) is 9.50. The van der Waals surface area contributed by atoms with Gasteiger partial charge >= 0.3 is 11.9 Å². The van der Waals surface area contributed by atoms with Crippen LogP contribution in [-0.2, 0) is 25.5 Å². The zero-order chi connectivity index (χ0) is 27.0. The van der Waals surface area contributed by atoms with E-state index in [4.69, 9.17) is 9.84 Å². The third kappa shape index (κ3) is 11.7. The molecule has 8 nitrogen and oxygen atoms in total. The maximum absolute atomic E-state index is 12.2. The molecule has 37 heavy (non-hydrogen) atoms. The normalized spacial score (nSPS) is 22.4. The van der Waals surface area contributed by atoms with Crippen molar-refractivity contribution in [1.82, 2.24) is 5.32 Å². The first kappa shape index (κ1) is 30.3. The quantitative estimate of drug-likeness (QED) is 0.150. The van der Waals surface area contributed by atoms with Gasteiger partial charge in [-0.05, 0) is 56.6 Å². The maximum atomic E-state index is 12.2. The van der Waals surface area contributed by atoms with Gasteiger partial charge in [-0.3, -0.25) is 14.4 Å². The molecule has 0 heterocycles. The predicted molar refractivity (Wildman–Crippen MR) is 141 cm³/mol. The molecule has 1 saturated carbocycles. The molecule has 8 heteroatoms. The van der Waals surface area contributed by atoms with Crippen LogP contribution in [-0.4, -0.2) is 58.0 Å². The molecule has 1 aliphatic rings. The lowest BCUT2D eigenvalue weighted by Crippen LogP contribution is -2.22. The van der Waals surface area contributed by atoms with E-state index in [9.17, 15) is 24.6 Å². The second kappa shape index (κ2) is 16.7. The van der Waals surface area contributed by atoms with Gasteiger partial charge in [0, 0.05) is 25.3 Å². The summed E-state index contributed by atoms with van der Waals surface area (Å²) in [6.07, 6.45) is 9.18. The van der Waals surface area contributed by atoms with Crippen molar-refractivity contribution in [3.05, 3.63) is 60.2 Å². The number of aliphatic carboxylic acids is 1. The third-order valence-corrected chi connectivity index (χ3v) is 6.57. The van der Waals surface area contributed by atoms with Crippen molar-refractivity contribution in [2.45, 2.75) is 83.0 Å². The van der Waals surface area contributed by atoms with E-state index in [1.54, 1.807) is 6.08 Å². The molecule has 0 aliphatic heterocycles. The van der Waals surface area contributed by atoms with Crippen LogP contribution in [0, 0.1) is 11.8 Å². The fourth-order valence-corrected chi connectivity index (χ4v) is 4.58. The Bertz CT molecular complexity index is 899. The Kier molecular flexibility index (Phi) is 13.7. The van der Waals surface area contributed by atoms with Crippen molar-refractivity contribution < 1.29 is 34.4 Å². The number of unbranched alkanes of at least 4 members (excludes halogenated alkanes) is 1. The molecule has 1 fully saturated rings. The Hall–Kier alpha value is -2.97. The molecule has 0 bridgehead atoms. The zero-order valence-corrected chi connectivity index (χ0v) is 21.6. The number of carbonyl (C=O) groups is 3. The number of aliphatic hydroxyl groups excluding tert-OH is 2. The number of aryl methyl sites for hydroxylation is 1. The molecule has 204 valence electrons. The van der Waals surface area contributed by atoms with Crippen LogP contribution in [0.5, 0.6) is 0 Å². The number of nitrogens with one attached hydrogen (secondary N) is 1. The van der Waals surface area contributed by atoms with E-state index in [1.165, 1.54) is 0 Å². The molecule has 1 amide bonds. The monoisotopic (exact) mass is 515 g/mol. The number of carbonyl (C=O) groups excluding carboxylic acids is 2. The summed E-state index contributed by atoms with van der Waals surface area (Å²) >= 11 is 0. The van der Waals surface area contributed by atoms with E-state index in [1.807, 2.05) is 55.5 Å². The molecule has 5 atom stereocenters. The Morgan fingerprint density at radius 1 is 1.08 bits per heavy atom. The Labute approximate surface area is 219 Å². The fourth-order valence-electron chi connectivity index (χ4n) is 4.58. The number of carboxylic acid groups (broad SMARTS) is 1. The Balaban J connectivity index is 1.98. The molecule has 4 N–H and O–H groups in total. The van der Waals surface area contributed by atoms with Gasteiger partial charge in [-0.15, -0.1) is 0 Å². The minimum atomic E-state index is -1.06. The van der Waals surface area contributed by atoms with Crippen LogP contribution in [0.4, 0.5) is 0 Å². The number of aliphatic hydroxyl groups is 2. The smallest absolute Gasteiger partial charge is 0.306 e. The number of carboxylic acids is 1. The highest BCUT2D eigenvalue weighted by molar-refractivity contribution is 5.76. The number of rotatable bonds is 16. The minimum Gasteiger partial charge on any atom is -0.481 e. The van der Waals surface area contributed by atoms with Gasteiger partial charge in [0.1, 0.15) is 6.10 Å². The molecule has 0 radical (unpaired) electrons. The number of esters is 1. The van der Waals surface area contributed by atoms with E-state index in [0.29, 0.717) is 32.2 Å². The summed E-state index contributed by atoms with van der Waals surface area (Å²) in [6.45, 7) is 2.51. The van der Waals surface area contributed by atoms with Gasteiger partial charge in [-0.25, -0.2) is 0 Å². The molecule has 0 aromatic heterocycles. The fraction of sp³-hybridized carbons (Fsp3) is 0.552. The second-order valence-corrected chi connectivity index (χ2v) is 9.50. The van der Waals surface area contributed by atoms with E-state index in [2.05, 4.69) is 5.32 Å².